The average molecular weight is 228 g/mol. The number of hydrogen-bond donors (Lipinski definition) is 1. The lowest BCUT2D eigenvalue weighted by molar-refractivity contribution is 0.0382. The molecule has 0 aromatic rings. The molecule has 1 heterocycles. The quantitative estimate of drug-likeness (QED) is 0.724. The average Bonchev–Trinajstić information content (AvgIpc) is 2.79. The SMILES string of the molecule is CCCCN(C(C)CC)C1(CN)CCOC1. The van der Waals surface area contributed by atoms with Gasteiger partial charge in [0.05, 0.1) is 12.1 Å². The molecule has 0 aliphatic carbocycles. The molecule has 1 aliphatic heterocycles. The van der Waals surface area contributed by atoms with Crippen molar-refractivity contribution in [1.29, 1.82) is 0 Å². The first kappa shape index (κ1) is 13.9. The zero-order valence-electron chi connectivity index (χ0n) is 11.2. The van der Waals surface area contributed by atoms with Crippen LogP contribution in [0.15, 0.2) is 0 Å². The van der Waals surface area contributed by atoms with Crippen LogP contribution in [-0.2, 0) is 4.74 Å². The van der Waals surface area contributed by atoms with Crippen LogP contribution in [0, 0.1) is 0 Å². The molecule has 0 amide bonds. The van der Waals surface area contributed by atoms with E-state index in [9.17, 15) is 0 Å². The molecule has 0 aromatic carbocycles. The lowest BCUT2D eigenvalue weighted by Crippen LogP contribution is -2.58. The Kier molecular flexibility index (Phi) is 5.73. The van der Waals surface area contributed by atoms with Crippen molar-refractivity contribution < 1.29 is 4.74 Å². The van der Waals surface area contributed by atoms with E-state index >= 15 is 0 Å². The van der Waals surface area contributed by atoms with Crippen LogP contribution in [-0.4, -0.2) is 42.8 Å². The van der Waals surface area contributed by atoms with Gasteiger partial charge in [0.25, 0.3) is 0 Å². The zero-order valence-corrected chi connectivity index (χ0v) is 11.2. The highest BCUT2D eigenvalue weighted by atomic mass is 16.5. The van der Waals surface area contributed by atoms with E-state index in [1.54, 1.807) is 0 Å². The number of hydrogen-bond acceptors (Lipinski definition) is 3. The normalized spacial score (nSPS) is 27.6. The van der Waals surface area contributed by atoms with Crippen molar-refractivity contribution in [2.45, 2.75) is 58.0 Å². The molecule has 2 atom stereocenters. The Morgan fingerprint density at radius 3 is 2.62 bits per heavy atom. The molecule has 1 saturated heterocycles. The standard InChI is InChI=1S/C13H28N2O/c1-4-6-8-15(12(3)5-2)13(10-14)7-9-16-11-13/h12H,4-11,14H2,1-3H3. The molecular formula is C13H28N2O. The van der Waals surface area contributed by atoms with Crippen LogP contribution in [0.4, 0.5) is 0 Å². The van der Waals surface area contributed by atoms with Gasteiger partial charge in [-0.3, -0.25) is 4.90 Å². The van der Waals surface area contributed by atoms with Crippen molar-refractivity contribution in [3.05, 3.63) is 0 Å². The molecule has 96 valence electrons. The Morgan fingerprint density at radius 2 is 2.19 bits per heavy atom. The lowest BCUT2D eigenvalue weighted by atomic mass is 9.93. The minimum Gasteiger partial charge on any atom is -0.379 e. The Bertz CT molecular complexity index is 190. The fourth-order valence-electron chi connectivity index (χ4n) is 2.58. The minimum atomic E-state index is 0.116. The van der Waals surface area contributed by atoms with E-state index in [-0.39, 0.29) is 5.54 Å². The molecule has 2 N–H and O–H groups in total. The second-order valence-corrected chi connectivity index (χ2v) is 5.04. The maximum absolute atomic E-state index is 6.01. The van der Waals surface area contributed by atoms with Gasteiger partial charge in [0.15, 0.2) is 0 Å². The summed E-state index contributed by atoms with van der Waals surface area (Å²) in [6.07, 6.45) is 4.78. The van der Waals surface area contributed by atoms with Gasteiger partial charge in [0.1, 0.15) is 0 Å². The third-order valence-electron chi connectivity index (χ3n) is 3.95. The summed E-state index contributed by atoms with van der Waals surface area (Å²) in [6.45, 7) is 10.4. The third-order valence-corrected chi connectivity index (χ3v) is 3.95. The molecule has 3 nitrogen and oxygen atoms in total. The summed E-state index contributed by atoms with van der Waals surface area (Å²) in [6, 6.07) is 0.608. The maximum atomic E-state index is 6.01. The molecule has 1 fully saturated rings. The summed E-state index contributed by atoms with van der Waals surface area (Å²) in [4.78, 5) is 2.60. The van der Waals surface area contributed by atoms with Crippen molar-refractivity contribution in [1.82, 2.24) is 4.90 Å². The predicted molar refractivity (Wildman–Crippen MR) is 68.6 cm³/mol. The largest absolute Gasteiger partial charge is 0.379 e. The summed E-state index contributed by atoms with van der Waals surface area (Å²) in [7, 11) is 0. The maximum Gasteiger partial charge on any atom is 0.0663 e. The van der Waals surface area contributed by atoms with Crippen molar-refractivity contribution in [3.63, 3.8) is 0 Å². The van der Waals surface area contributed by atoms with Crippen LogP contribution < -0.4 is 5.73 Å². The lowest BCUT2D eigenvalue weighted by Gasteiger charge is -2.43. The second-order valence-electron chi connectivity index (χ2n) is 5.04. The molecule has 1 rings (SSSR count). The minimum absolute atomic E-state index is 0.116. The van der Waals surface area contributed by atoms with Gasteiger partial charge in [-0.1, -0.05) is 20.3 Å². The second kappa shape index (κ2) is 6.58. The van der Waals surface area contributed by atoms with Gasteiger partial charge in [-0.05, 0) is 32.7 Å². The van der Waals surface area contributed by atoms with E-state index in [1.807, 2.05) is 0 Å². The zero-order chi connectivity index (χ0) is 12.0. The van der Waals surface area contributed by atoms with E-state index < -0.39 is 0 Å². The van der Waals surface area contributed by atoms with Crippen LogP contribution >= 0.6 is 0 Å². The summed E-state index contributed by atoms with van der Waals surface area (Å²) in [5.74, 6) is 0. The van der Waals surface area contributed by atoms with Crippen molar-refractivity contribution >= 4 is 0 Å². The van der Waals surface area contributed by atoms with Gasteiger partial charge in [0.2, 0.25) is 0 Å². The van der Waals surface area contributed by atoms with Crippen molar-refractivity contribution in [2.75, 3.05) is 26.3 Å². The van der Waals surface area contributed by atoms with E-state index in [2.05, 4.69) is 25.7 Å². The molecule has 2 unspecified atom stereocenters. The van der Waals surface area contributed by atoms with Crippen LogP contribution in [0.25, 0.3) is 0 Å². The highest BCUT2D eigenvalue weighted by Crippen LogP contribution is 2.28. The van der Waals surface area contributed by atoms with Gasteiger partial charge in [-0.2, -0.15) is 0 Å². The summed E-state index contributed by atoms with van der Waals surface area (Å²) in [5, 5.41) is 0. The molecule has 0 saturated carbocycles. The molecule has 0 bridgehead atoms. The fraction of sp³-hybridized carbons (Fsp3) is 1.00. The Morgan fingerprint density at radius 1 is 1.44 bits per heavy atom. The van der Waals surface area contributed by atoms with E-state index in [1.165, 1.54) is 19.3 Å². The number of unbranched alkanes of at least 4 members (excludes halogenated alkanes) is 1. The molecule has 0 radical (unpaired) electrons. The molecule has 16 heavy (non-hydrogen) atoms. The number of rotatable bonds is 7. The van der Waals surface area contributed by atoms with Gasteiger partial charge in [0, 0.05) is 19.2 Å². The summed E-state index contributed by atoms with van der Waals surface area (Å²) in [5.41, 5.74) is 6.13. The van der Waals surface area contributed by atoms with Crippen molar-refractivity contribution in [2.24, 2.45) is 5.73 Å². The smallest absolute Gasteiger partial charge is 0.0663 e. The van der Waals surface area contributed by atoms with Crippen LogP contribution in [0.3, 0.4) is 0 Å². The first-order valence-electron chi connectivity index (χ1n) is 6.74. The highest BCUT2D eigenvalue weighted by Gasteiger charge is 2.40. The number of ether oxygens (including phenoxy) is 1. The van der Waals surface area contributed by atoms with Crippen molar-refractivity contribution in [3.8, 4) is 0 Å². The van der Waals surface area contributed by atoms with E-state index in [4.69, 9.17) is 10.5 Å². The summed E-state index contributed by atoms with van der Waals surface area (Å²) >= 11 is 0. The predicted octanol–water partition coefficient (Wildman–Crippen LogP) is 2.00. The van der Waals surface area contributed by atoms with Crippen LogP contribution in [0.1, 0.15) is 46.5 Å². The monoisotopic (exact) mass is 228 g/mol. The first-order valence-corrected chi connectivity index (χ1v) is 6.74. The molecular weight excluding hydrogens is 200 g/mol. The molecule has 0 aromatic heterocycles. The third kappa shape index (κ3) is 2.96. The number of nitrogens with zero attached hydrogens (tertiary/aromatic N) is 1. The van der Waals surface area contributed by atoms with Gasteiger partial charge in [-0.15, -0.1) is 0 Å². The molecule has 1 aliphatic rings. The van der Waals surface area contributed by atoms with Gasteiger partial charge >= 0.3 is 0 Å². The topological polar surface area (TPSA) is 38.5 Å². The first-order chi connectivity index (χ1) is 7.70. The Balaban J connectivity index is 2.71. The van der Waals surface area contributed by atoms with E-state index in [0.717, 1.165) is 32.7 Å². The molecule has 0 spiro atoms. The van der Waals surface area contributed by atoms with Crippen LogP contribution in [0.2, 0.25) is 0 Å². The Labute approximate surface area is 100 Å². The van der Waals surface area contributed by atoms with E-state index in [0.29, 0.717) is 6.04 Å². The van der Waals surface area contributed by atoms with Gasteiger partial charge < -0.3 is 10.5 Å². The van der Waals surface area contributed by atoms with Gasteiger partial charge in [-0.25, -0.2) is 0 Å². The molecule has 3 heteroatoms. The number of nitrogens with two attached hydrogens (primary N) is 1. The highest BCUT2D eigenvalue weighted by molar-refractivity contribution is 4.96. The fourth-order valence-corrected chi connectivity index (χ4v) is 2.58. The summed E-state index contributed by atoms with van der Waals surface area (Å²) < 4.78 is 5.59. The van der Waals surface area contributed by atoms with Crippen LogP contribution in [0.5, 0.6) is 0 Å². The Hall–Kier alpha value is -0.120.